The Morgan fingerprint density at radius 1 is 1.29 bits per heavy atom. The number of nitrogens with one attached hydrogen (secondary N) is 1. The standard InChI is InChI=1S/C12H17NO4/c1-8(7-14)13-12(15)9-4-10(16-2)6-11(5-9)17-3/h4-6,8,14H,7H2,1-3H3,(H,13,15). The van der Waals surface area contributed by atoms with Crippen LogP contribution in [0.2, 0.25) is 0 Å². The molecular formula is C12H17NO4. The number of rotatable bonds is 5. The summed E-state index contributed by atoms with van der Waals surface area (Å²) in [6.45, 7) is 1.61. The predicted molar refractivity (Wildman–Crippen MR) is 63.6 cm³/mol. The summed E-state index contributed by atoms with van der Waals surface area (Å²) in [6, 6.07) is 4.62. The van der Waals surface area contributed by atoms with Crippen LogP contribution in [-0.2, 0) is 0 Å². The van der Waals surface area contributed by atoms with Gasteiger partial charge in [-0.2, -0.15) is 0 Å². The Labute approximate surface area is 100 Å². The molecule has 0 radical (unpaired) electrons. The first-order valence-corrected chi connectivity index (χ1v) is 5.25. The fourth-order valence-electron chi connectivity index (χ4n) is 1.29. The molecule has 5 heteroatoms. The second-order valence-electron chi connectivity index (χ2n) is 3.66. The van der Waals surface area contributed by atoms with Crippen molar-refractivity contribution in [2.75, 3.05) is 20.8 Å². The molecule has 0 fully saturated rings. The zero-order chi connectivity index (χ0) is 12.8. The average molecular weight is 239 g/mol. The molecule has 0 aliphatic heterocycles. The molecule has 0 heterocycles. The van der Waals surface area contributed by atoms with E-state index in [9.17, 15) is 4.79 Å². The van der Waals surface area contributed by atoms with Gasteiger partial charge in [-0.3, -0.25) is 4.79 Å². The minimum Gasteiger partial charge on any atom is -0.497 e. The van der Waals surface area contributed by atoms with Gasteiger partial charge in [0.1, 0.15) is 11.5 Å². The number of amides is 1. The molecule has 1 amide bonds. The summed E-state index contributed by atoms with van der Waals surface area (Å²) in [5.74, 6) is 0.820. The second-order valence-corrected chi connectivity index (χ2v) is 3.66. The topological polar surface area (TPSA) is 67.8 Å². The van der Waals surface area contributed by atoms with Crippen LogP contribution < -0.4 is 14.8 Å². The van der Waals surface area contributed by atoms with Crippen LogP contribution in [0.1, 0.15) is 17.3 Å². The van der Waals surface area contributed by atoms with Crippen molar-refractivity contribution in [1.82, 2.24) is 5.32 Å². The summed E-state index contributed by atoms with van der Waals surface area (Å²) >= 11 is 0. The zero-order valence-electron chi connectivity index (χ0n) is 10.2. The van der Waals surface area contributed by atoms with E-state index < -0.39 is 0 Å². The molecule has 17 heavy (non-hydrogen) atoms. The van der Waals surface area contributed by atoms with Gasteiger partial charge in [-0.15, -0.1) is 0 Å². The van der Waals surface area contributed by atoms with E-state index in [1.165, 1.54) is 14.2 Å². The molecule has 0 aromatic heterocycles. The van der Waals surface area contributed by atoms with Crippen molar-refractivity contribution >= 4 is 5.91 Å². The number of methoxy groups -OCH3 is 2. The third-order valence-electron chi connectivity index (χ3n) is 2.26. The molecule has 0 aliphatic rings. The van der Waals surface area contributed by atoms with Crippen molar-refractivity contribution in [2.45, 2.75) is 13.0 Å². The lowest BCUT2D eigenvalue weighted by Gasteiger charge is -2.12. The van der Waals surface area contributed by atoms with Gasteiger partial charge in [-0.1, -0.05) is 0 Å². The van der Waals surface area contributed by atoms with Crippen molar-refractivity contribution in [3.05, 3.63) is 23.8 Å². The predicted octanol–water partition coefficient (Wildman–Crippen LogP) is 0.814. The summed E-state index contributed by atoms with van der Waals surface area (Å²) in [7, 11) is 3.04. The van der Waals surface area contributed by atoms with Crippen LogP contribution in [-0.4, -0.2) is 37.9 Å². The van der Waals surface area contributed by atoms with Gasteiger partial charge in [0.15, 0.2) is 0 Å². The number of benzene rings is 1. The van der Waals surface area contributed by atoms with Crippen LogP contribution >= 0.6 is 0 Å². The highest BCUT2D eigenvalue weighted by atomic mass is 16.5. The third kappa shape index (κ3) is 3.64. The van der Waals surface area contributed by atoms with Crippen molar-refractivity contribution in [2.24, 2.45) is 0 Å². The molecule has 0 bridgehead atoms. The SMILES string of the molecule is COc1cc(OC)cc(C(=O)NC(C)CO)c1. The number of aliphatic hydroxyl groups is 1. The largest absolute Gasteiger partial charge is 0.497 e. The molecule has 1 unspecified atom stereocenters. The first-order chi connectivity index (χ1) is 8.10. The van der Waals surface area contributed by atoms with Gasteiger partial charge in [-0.05, 0) is 19.1 Å². The minimum atomic E-state index is -0.292. The molecule has 0 aliphatic carbocycles. The highest BCUT2D eigenvalue weighted by molar-refractivity contribution is 5.95. The molecule has 5 nitrogen and oxygen atoms in total. The van der Waals surface area contributed by atoms with Gasteiger partial charge < -0.3 is 19.9 Å². The summed E-state index contributed by atoms with van der Waals surface area (Å²) in [6.07, 6.45) is 0. The molecule has 1 atom stereocenters. The van der Waals surface area contributed by atoms with E-state index in [1.807, 2.05) is 0 Å². The molecule has 0 saturated carbocycles. The second kappa shape index (κ2) is 6.10. The van der Waals surface area contributed by atoms with E-state index in [2.05, 4.69) is 5.32 Å². The van der Waals surface area contributed by atoms with Crippen molar-refractivity contribution < 1.29 is 19.4 Å². The highest BCUT2D eigenvalue weighted by Gasteiger charge is 2.11. The molecule has 1 aromatic rings. The number of carbonyl (C=O) groups is 1. The summed E-state index contributed by atoms with van der Waals surface area (Å²) < 4.78 is 10.1. The summed E-state index contributed by atoms with van der Waals surface area (Å²) in [5.41, 5.74) is 0.432. The lowest BCUT2D eigenvalue weighted by atomic mass is 10.1. The molecule has 94 valence electrons. The van der Waals surface area contributed by atoms with E-state index in [0.717, 1.165) is 0 Å². The number of aliphatic hydroxyl groups excluding tert-OH is 1. The van der Waals surface area contributed by atoms with Crippen molar-refractivity contribution in [3.63, 3.8) is 0 Å². The Kier molecular flexibility index (Phi) is 4.78. The lowest BCUT2D eigenvalue weighted by molar-refractivity contribution is 0.0921. The Morgan fingerprint density at radius 2 is 1.82 bits per heavy atom. The van der Waals surface area contributed by atoms with Crippen LogP contribution in [0.25, 0.3) is 0 Å². The number of hydrogen-bond donors (Lipinski definition) is 2. The monoisotopic (exact) mass is 239 g/mol. The molecule has 1 rings (SSSR count). The van der Waals surface area contributed by atoms with Crippen LogP contribution in [0.15, 0.2) is 18.2 Å². The van der Waals surface area contributed by atoms with Gasteiger partial charge in [0.25, 0.3) is 5.91 Å². The molecule has 0 saturated heterocycles. The summed E-state index contributed by atoms with van der Waals surface area (Å²) in [4.78, 5) is 11.8. The molecule has 1 aromatic carbocycles. The molecular weight excluding hydrogens is 222 g/mol. The third-order valence-corrected chi connectivity index (χ3v) is 2.26. The zero-order valence-corrected chi connectivity index (χ0v) is 10.2. The molecule has 2 N–H and O–H groups in total. The quantitative estimate of drug-likeness (QED) is 0.798. The Hall–Kier alpha value is -1.75. The van der Waals surface area contributed by atoms with E-state index in [4.69, 9.17) is 14.6 Å². The van der Waals surface area contributed by atoms with Crippen LogP contribution in [0.4, 0.5) is 0 Å². The van der Waals surface area contributed by atoms with Gasteiger partial charge in [0.2, 0.25) is 0 Å². The van der Waals surface area contributed by atoms with E-state index in [-0.39, 0.29) is 18.6 Å². The maximum Gasteiger partial charge on any atom is 0.251 e. The van der Waals surface area contributed by atoms with Gasteiger partial charge in [0, 0.05) is 17.7 Å². The number of hydrogen-bond acceptors (Lipinski definition) is 4. The molecule has 0 spiro atoms. The lowest BCUT2D eigenvalue weighted by Crippen LogP contribution is -2.34. The van der Waals surface area contributed by atoms with Gasteiger partial charge in [-0.25, -0.2) is 0 Å². The van der Waals surface area contributed by atoms with E-state index in [0.29, 0.717) is 17.1 Å². The maximum atomic E-state index is 11.8. The fourth-order valence-corrected chi connectivity index (χ4v) is 1.29. The first-order valence-electron chi connectivity index (χ1n) is 5.25. The smallest absolute Gasteiger partial charge is 0.251 e. The highest BCUT2D eigenvalue weighted by Crippen LogP contribution is 2.22. The Balaban J connectivity index is 2.92. The van der Waals surface area contributed by atoms with Crippen molar-refractivity contribution in [3.8, 4) is 11.5 Å². The number of carbonyl (C=O) groups excluding carboxylic acids is 1. The Bertz CT molecular complexity index is 370. The number of ether oxygens (including phenoxy) is 2. The van der Waals surface area contributed by atoms with Gasteiger partial charge >= 0.3 is 0 Å². The maximum absolute atomic E-state index is 11.8. The van der Waals surface area contributed by atoms with Gasteiger partial charge in [0.05, 0.1) is 20.8 Å². The minimum absolute atomic E-state index is 0.104. The van der Waals surface area contributed by atoms with Crippen LogP contribution in [0.3, 0.4) is 0 Å². The van der Waals surface area contributed by atoms with Crippen molar-refractivity contribution in [1.29, 1.82) is 0 Å². The summed E-state index contributed by atoms with van der Waals surface area (Å²) in [5, 5.41) is 11.5. The Morgan fingerprint density at radius 3 is 2.24 bits per heavy atom. The van der Waals surface area contributed by atoms with E-state index in [1.54, 1.807) is 25.1 Å². The normalized spacial score (nSPS) is 11.8. The van der Waals surface area contributed by atoms with Crippen LogP contribution in [0, 0.1) is 0 Å². The van der Waals surface area contributed by atoms with Crippen LogP contribution in [0.5, 0.6) is 11.5 Å². The first kappa shape index (κ1) is 13.3. The average Bonchev–Trinajstić information content (AvgIpc) is 2.37. The fraction of sp³-hybridized carbons (Fsp3) is 0.417. The van der Waals surface area contributed by atoms with E-state index >= 15 is 0 Å².